The van der Waals surface area contributed by atoms with E-state index in [-0.39, 0.29) is 6.03 Å². The van der Waals surface area contributed by atoms with Gasteiger partial charge in [0.1, 0.15) is 0 Å². The second-order valence-electron chi connectivity index (χ2n) is 7.21. The number of urea groups is 1. The Morgan fingerprint density at radius 2 is 2.00 bits per heavy atom. The van der Waals surface area contributed by atoms with E-state index in [0.717, 1.165) is 36.6 Å². The van der Waals surface area contributed by atoms with Crippen molar-refractivity contribution >= 4 is 11.7 Å². The average Bonchev–Trinajstić information content (AvgIpc) is 2.56. The summed E-state index contributed by atoms with van der Waals surface area (Å²) in [5.74, 6) is 0.0826. The van der Waals surface area contributed by atoms with Crippen molar-refractivity contribution in [3.05, 3.63) is 42.1 Å². The van der Waals surface area contributed by atoms with Crippen molar-refractivity contribution in [3.63, 3.8) is 0 Å². The summed E-state index contributed by atoms with van der Waals surface area (Å²) in [5, 5.41) is 2.98. The van der Waals surface area contributed by atoms with Gasteiger partial charge >= 0.3 is 6.03 Å². The van der Waals surface area contributed by atoms with Crippen molar-refractivity contribution in [2.45, 2.75) is 45.2 Å². The molecule has 1 N–H and O–H groups in total. The molecule has 130 valence electrons. The van der Waals surface area contributed by atoms with Crippen LogP contribution in [0.25, 0.3) is 11.3 Å². The summed E-state index contributed by atoms with van der Waals surface area (Å²) >= 11 is 0. The molecule has 2 bridgehead atoms. The number of carbonyl (C=O) groups excluding carboxylic acids is 1. The minimum absolute atomic E-state index is 0.0479. The molecule has 1 aromatic carbocycles. The summed E-state index contributed by atoms with van der Waals surface area (Å²) < 4.78 is 13.4. The van der Waals surface area contributed by atoms with Crippen LogP contribution in [0.15, 0.2) is 30.6 Å². The molecule has 2 saturated heterocycles. The normalized spacial score (nSPS) is 24.6. The predicted octanol–water partition coefficient (Wildman–Crippen LogP) is 4.00. The molecule has 1 aromatic heterocycles. The lowest BCUT2D eigenvalue weighted by Gasteiger charge is -2.54. The number of piperidine rings is 1. The lowest BCUT2D eigenvalue weighted by molar-refractivity contribution is -0.00600. The van der Waals surface area contributed by atoms with Crippen molar-refractivity contribution in [3.8, 4) is 11.3 Å². The standard InChI is InChI=1S/C19H21FN4O/c1-11-5-14-8-15(6-11)24(14)19(25)22-13-4-3-12(2)16(7-13)17-9-21-10-18(20)23-17/h3-4,7,9-11,14-15H,5-6,8H2,1-2H3,(H,22,25)/t11?,14-,15?/m0/s1. The molecule has 3 atom stereocenters. The van der Waals surface area contributed by atoms with E-state index >= 15 is 0 Å². The molecule has 2 fully saturated rings. The molecule has 25 heavy (non-hydrogen) atoms. The van der Waals surface area contributed by atoms with E-state index in [1.807, 2.05) is 30.0 Å². The van der Waals surface area contributed by atoms with E-state index in [0.29, 0.717) is 29.4 Å². The number of nitrogens with zero attached hydrogens (tertiary/aromatic N) is 3. The van der Waals surface area contributed by atoms with Crippen molar-refractivity contribution in [2.24, 2.45) is 5.92 Å². The Hall–Kier alpha value is -2.50. The van der Waals surface area contributed by atoms with Gasteiger partial charge in [0.05, 0.1) is 18.1 Å². The minimum atomic E-state index is -0.617. The van der Waals surface area contributed by atoms with Gasteiger partial charge in [-0.2, -0.15) is 4.39 Å². The molecule has 0 saturated carbocycles. The van der Waals surface area contributed by atoms with Gasteiger partial charge in [0, 0.05) is 23.3 Å². The van der Waals surface area contributed by atoms with Crippen molar-refractivity contribution in [1.29, 1.82) is 0 Å². The highest BCUT2D eigenvalue weighted by atomic mass is 19.1. The Morgan fingerprint density at radius 1 is 1.24 bits per heavy atom. The van der Waals surface area contributed by atoms with Crippen molar-refractivity contribution in [2.75, 3.05) is 5.32 Å². The molecule has 5 nitrogen and oxygen atoms in total. The molecule has 2 aliphatic heterocycles. The largest absolute Gasteiger partial charge is 0.322 e. The number of amides is 2. The van der Waals surface area contributed by atoms with E-state index in [4.69, 9.17) is 0 Å². The number of fused-ring (bicyclic) bond motifs is 2. The number of halogens is 1. The van der Waals surface area contributed by atoms with Gasteiger partial charge in [-0.3, -0.25) is 4.98 Å². The second kappa shape index (κ2) is 6.10. The van der Waals surface area contributed by atoms with E-state index in [1.165, 1.54) is 6.20 Å². The first kappa shape index (κ1) is 16.0. The van der Waals surface area contributed by atoms with E-state index < -0.39 is 5.95 Å². The number of benzene rings is 1. The number of aromatic nitrogens is 2. The number of hydrogen-bond donors (Lipinski definition) is 1. The zero-order chi connectivity index (χ0) is 17.6. The van der Waals surface area contributed by atoms with Crippen LogP contribution in [0.1, 0.15) is 31.7 Å². The number of anilines is 1. The topological polar surface area (TPSA) is 58.1 Å². The number of hydrogen-bond acceptors (Lipinski definition) is 3. The van der Waals surface area contributed by atoms with Gasteiger partial charge in [-0.15, -0.1) is 0 Å². The van der Waals surface area contributed by atoms with Crippen LogP contribution in [0.5, 0.6) is 0 Å². The number of nitrogens with one attached hydrogen (secondary N) is 1. The van der Waals surface area contributed by atoms with Crippen LogP contribution in [-0.4, -0.2) is 33.0 Å². The number of rotatable bonds is 2. The van der Waals surface area contributed by atoms with Gasteiger partial charge in [-0.1, -0.05) is 13.0 Å². The summed E-state index contributed by atoms with van der Waals surface area (Å²) in [6, 6.07) is 6.28. The Kier molecular flexibility index (Phi) is 3.90. The summed E-state index contributed by atoms with van der Waals surface area (Å²) in [5.41, 5.74) is 2.87. The molecular formula is C19H21FN4O. The van der Waals surface area contributed by atoms with Gasteiger partial charge in [0.15, 0.2) is 0 Å². The Bertz CT molecular complexity index is 813. The van der Waals surface area contributed by atoms with E-state index in [1.54, 1.807) is 0 Å². The predicted molar refractivity (Wildman–Crippen MR) is 93.6 cm³/mol. The maximum Gasteiger partial charge on any atom is 0.322 e. The van der Waals surface area contributed by atoms with Crippen LogP contribution >= 0.6 is 0 Å². The van der Waals surface area contributed by atoms with E-state index in [2.05, 4.69) is 22.2 Å². The molecule has 2 aliphatic rings. The molecule has 6 heteroatoms. The van der Waals surface area contributed by atoms with Gasteiger partial charge in [0.2, 0.25) is 5.95 Å². The van der Waals surface area contributed by atoms with Crippen molar-refractivity contribution in [1.82, 2.24) is 14.9 Å². The van der Waals surface area contributed by atoms with Crippen LogP contribution in [0, 0.1) is 18.8 Å². The van der Waals surface area contributed by atoms with Gasteiger partial charge in [-0.05, 0) is 49.8 Å². The maximum atomic E-state index is 13.4. The van der Waals surface area contributed by atoms with Crippen LogP contribution in [0.3, 0.4) is 0 Å². The molecule has 3 heterocycles. The highest BCUT2D eigenvalue weighted by molar-refractivity contribution is 5.91. The lowest BCUT2D eigenvalue weighted by atomic mass is 9.74. The van der Waals surface area contributed by atoms with Crippen LogP contribution < -0.4 is 5.32 Å². The van der Waals surface area contributed by atoms with E-state index in [9.17, 15) is 9.18 Å². The van der Waals surface area contributed by atoms with Crippen LogP contribution in [0.4, 0.5) is 14.9 Å². The Balaban J connectivity index is 1.54. The molecule has 0 aliphatic carbocycles. The highest BCUT2D eigenvalue weighted by Crippen LogP contribution is 2.41. The van der Waals surface area contributed by atoms with Gasteiger partial charge in [0.25, 0.3) is 0 Å². The first-order valence-electron chi connectivity index (χ1n) is 8.69. The molecular weight excluding hydrogens is 319 g/mol. The number of aryl methyl sites for hydroxylation is 1. The van der Waals surface area contributed by atoms with Gasteiger partial charge < -0.3 is 10.2 Å². The fraction of sp³-hybridized carbons (Fsp3) is 0.421. The molecule has 2 unspecified atom stereocenters. The van der Waals surface area contributed by atoms with Gasteiger partial charge in [-0.25, -0.2) is 9.78 Å². The highest BCUT2D eigenvalue weighted by Gasteiger charge is 2.46. The van der Waals surface area contributed by atoms with Crippen LogP contribution in [0.2, 0.25) is 0 Å². The minimum Gasteiger partial charge on any atom is -0.318 e. The molecule has 2 aromatic rings. The zero-order valence-corrected chi connectivity index (χ0v) is 14.4. The quantitative estimate of drug-likeness (QED) is 0.899. The average molecular weight is 340 g/mol. The maximum absolute atomic E-state index is 13.4. The summed E-state index contributed by atoms with van der Waals surface area (Å²) in [4.78, 5) is 22.3. The Labute approximate surface area is 146 Å². The number of carbonyl (C=O) groups is 1. The lowest BCUT2D eigenvalue weighted by Crippen LogP contribution is -2.63. The fourth-order valence-electron chi connectivity index (χ4n) is 4.11. The summed E-state index contributed by atoms with van der Waals surface area (Å²) in [7, 11) is 0. The summed E-state index contributed by atoms with van der Waals surface area (Å²) in [6.45, 7) is 4.18. The summed E-state index contributed by atoms with van der Waals surface area (Å²) in [6.07, 6.45) is 5.89. The SMILES string of the molecule is Cc1ccc(NC(=O)N2C3CC(C)C[C@H]2C3)cc1-c1cncc(F)n1. The molecule has 4 rings (SSSR count). The zero-order valence-electron chi connectivity index (χ0n) is 14.4. The molecule has 0 spiro atoms. The smallest absolute Gasteiger partial charge is 0.318 e. The fourth-order valence-corrected chi connectivity index (χ4v) is 4.11. The molecule has 2 amide bonds. The Morgan fingerprint density at radius 3 is 2.72 bits per heavy atom. The third kappa shape index (κ3) is 2.97. The monoisotopic (exact) mass is 340 g/mol. The first-order chi connectivity index (χ1) is 12.0. The molecule has 0 radical (unpaired) electrons. The third-order valence-electron chi connectivity index (χ3n) is 5.28. The third-order valence-corrected chi connectivity index (χ3v) is 5.28. The van der Waals surface area contributed by atoms with Crippen molar-refractivity contribution < 1.29 is 9.18 Å². The van der Waals surface area contributed by atoms with Crippen LogP contribution in [-0.2, 0) is 0 Å². The first-order valence-corrected chi connectivity index (χ1v) is 8.69. The second-order valence-corrected chi connectivity index (χ2v) is 7.21.